The molecule has 2 N–H and O–H groups in total. The highest BCUT2D eigenvalue weighted by atomic mass is 16.1. The Hall–Kier alpha value is -2.37. The van der Waals surface area contributed by atoms with Gasteiger partial charge in [0.2, 0.25) is 0 Å². The standard InChI is InChI=1S/C13H17N5O/c1-14-12-10(4-3-6-16-12)13(19)17-7-5-11-15-8-9-18(11)2/h3-4,6,8-9H,5,7H2,1-2H3,(H,14,16)(H,17,19). The summed E-state index contributed by atoms with van der Waals surface area (Å²) in [5, 5.41) is 5.77. The second-order valence-corrected chi connectivity index (χ2v) is 4.11. The van der Waals surface area contributed by atoms with Crippen molar-refractivity contribution in [1.82, 2.24) is 19.9 Å². The SMILES string of the molecule is CNc1ncccc1C(=O)NCCc1nccn1C. The van der Waals surface area contributed by atoms with Crippen LogP contribution in [-0.2, 0) is 13.5 Å². The zero-order chi connectivity index (χ0) is 13.7. The molecule has 100 valence electrons. The number of amides is 1. The summed E-state index contributed by atoms with van der Waals surface area (Å²) < 4.78 is 1.94. The number of pyridine rings is 1. The van der Waals surface area contributed by atoms with Gasteiger partial charge in [-0.1, -0.05) is 0 Å². The van der Waals surface area contributed by atoms with Crippen LogP contribution < -0.4 is 10.6 Å². The molecule has 0 atom stereocenters. The Balaban J connectivity index is 1.93. The summed E-state index contributed by atoms with van der Waals surface area (Å²) in [7, 11) is 3.68. The van der Waals surface area contributed by atoms with Crippen molar-refractivity contribution in [2.24, 2.45) is 7.05 Å². The van der Waals surface area contributed by atoms with E-state index in [1.807, 2.05) is 17.8 Å². The Morgan fingerprint density at radius 1 is 1.37 bits per heavy atom. The van der Waals surface area contributed by atoms with Crippen molar-refractivity contribution < 1.29 is 4.79 Å². The minimum Gasteiger partial charge on any atom is -0.372 e. The van der Waals surface area contributed by atoms with E-state index >= 15 is 0 Å². The Morgan fingerprint density at radius 2 is 2.21 bits per heavy atom. The smallest absolute Gasteiger partial charge is 0.255 e. The number of hydrogen-bond donors (Lipinski definition) is 2. The predicted molar refractivity (Wildman–Crippen MR) is 73.0 cm³/mol. The highest BCUT2D eigenvalue weighted by molar-refractivity contribution is 5.98. The maximum absolute atomic E-state index is 12.0. The molecule has 0 aliphatic carbocycles. The maximum Gasteiger partial charge on any atom is 0.255 e. The molecule has 0 aliphatic rings. The molecule has 6 heteroatoms. The number of carbonyl (C=O) groups is 1. The van der Waals surface area contributed by atoms with Crippen LogP contribution in [0.4, 0.5) is 5.82 Å². The van der Waals surface area contributed by atoms with Gasteiger partial charge in [0.25, 0.3) is 5.91 Å². The van der Waals surface area contributed by atoms with E-state index < -0.39 is 0 Å². The third-order valence-electron chi connectivity index (χ3n) is 2.84. The number of nitrogens with zero attached hydrogens (tertiary/aromatic N) is 3. The van der Waals surface area contributed by atoms with Crippen LogP contribution in [0.5, 0.6) is 0 Å². The van der Waals surface area contributed by atoms with Crippen LogP contribution in [0.1, 0.15) is 16.2 Å². The molecular formula is C13H17N5O. The fraction of sp³-hybridized carbons (Fsp3) is 0.308. The third-order valence-corrected chi connectivity index (χ3v) is 2.84. The number of carbonyl (C=O) groups excluding carboxylic acids is 1. The molecule has 0 unspecified atom stereocenters. The van der Waals surface area contributed by atoms with Crippen molar-refractivity contribution in [3.63, 3.8) is 0 Å². The van der Waals surface area contributed by atoms with E-state index in [0.29, 0.717) is 24.3 Å². The fourth-order valence-corrected chi connectivity index (χ4v) is 1.81. The summed E-state index contributed by atoms with van der Waals surface area (Å²) in [5.41, 5.74) is 0.546. The maximum atomic E-state index is 12.0. The van der Waals surface area contributed by atoms with Crippen LogP contribution in [0.3, 0.4) is 0 Å². The molecule has 0 fully saturated rings. The van der Waals surface area contributed by atoms with Crippen molar-refractivity contribution in [3.8, 4) is 0 Å². The van der Waals surface area contributed by atoms with Gasteiger partial charge in [-0.2, -0.15) is 0 Å². The Morgan fingerprint density at radius 3 is 2.89 bits per heavy atom. The molecule has 0 aliphatic heterocycles. The summed E-state index contributed by atoms with van der Waals surface area (Å²) in [6, 6.07) is 3.49. The molecule has 0 bridgehead atoms. The average molecular weight is 259 g/mol. The van der Waals surface area contributed by atoms with Crippen LogP contribution in [0.2, 0.25) is 0 Å². The molecule has 6 nitrogen and oxygen atoms in total. The first-order valence-electron chi connectivity index (χ1n) is 6.09. The number of nitrogens with one attached hydrogen (secondary N) is 2. The Bertz CT molecular complexity index is 564. The van der Waals surface area contributed by atoms with Gasteiger partial charge in [0, 0.05) is 45.7 Å². The number of hydrogen-bond acceptors (Lipinski definition) is 4. The molecule has 0 saturated heterocycles. The lowest BCUT2D eigenvalue weighted by atomic mass is 10.2. The minimum absolute atomic E-state index is 0.133. The van der Waals surface area contributed by atoms with Crippen LogP contribution in [0.15, 0.2) is 30.7 Å². The summed E-state index contributed by atoms with van der Waals surface area (Å²) in [6.07, 6.45) is 5.98. The lowest BCUT2D eigenvalue weighted by Crippen LogP contribution is -2.27. The van der Waals surface area contributed by atoms with E-state index in [1.54, 1.807) is 31.6 Å². The Labute approximate surface area is 111 Å². The predicted octanol–water partition coefficient (Wildman–Crippen LogP) is 0.829. The normalized spacial score (nSPS) is 10.2. The molecule has 2 rings (SSSR count). The summed E-state index contributed by atoms with van der Waals surface area (Å²) in [5.74, 6) is 1.39. The number of anilines is 1. The van der Waals surface area contributed by atoms with Crippen LogP contribution in [0, 0.1) is 0 Å². The first kappa shape index (κ1) is 13.1. The van der Waals surface area contributed by atoms with Gasteiger partial charge in [0.05, 0.1) is 5.56 Å². The van der Waals surface area contributed by atoms with Crippen LogP contribution >= 0.6 is 0 Å². The van der Waals surface area contributed by atoms with Crippen LogP contribution in [0.25, 0.3) is 0 Å². The van der Waals surface area contributed by atoms with Gasteiger partial charge in [-0.25, -0.2) is 9.97 Å². The van der Waals surface area contributed by atoms with Crippen molar-refractivity contribution >= 4 is 11.7 Å². The molecule has 0 spiro atoms. The zero-order valence-corrected chi connectivity index (χ0v) is 11.1. The van der Waals surface area contributed by atoms with Gasteiger partial charge in [-0.15, -0.1) is 0 Å². The topological polar surface area (TPSA) is 71.8 Å². The second kappa shape index (κ2) is 5.99. The second-order valence-electron chi connectivity index (χ2n) is 4.11. The lowest BCUT2D eigenvalue weighted by Gasteiger charge is -2.08. The summed E-state index contributed by atoms with van der Waals surface area (Å²) >= 11 is 0. The molecule has 0 radical (unpaired) electrons. The molecule has 2 aromatic rings. The van der Waals surface area contributed by atoms with Crippen molar-refractivity contribution in [2.45, 2.75) is 6.42 Å². The first-order chi connectivity index (χ1) is 9.22. The number of imidazole rings is 1. The zero-order valence-electron chi connectivity index (χ0n) is 11.1. The van der Waals surface area contributed by atoms with Gasteiger partial charge >= 0.3 is 0 Å². The van der Waals surface area contributed by atoms with E-state index in [1.165, 1.54) is 0 Å². The van der Waals surface area contributed by atoms with Gasteiger partial charge < -0.3 is 15.2 Å². The average Bonchev–Trinajstić information content (AvgIpc) is 2.84. The van der Waals surface area contributed by atoms with E-state index in [4.69, 9.17) is 0 Å². The molecule has 19 heavy (non-hydrogen) atoms. The molecule has 2 heterocycles. The quantitative estimate of drug-likeness (QED) is 0.834. The first-order valence-corrected chi connectivity index (χ1v) is 6.09. The van der Waals surface area contributed by atoms with Gasteiger partial charge in [-0.05, 0) is 12.1 Å². The number of rotatable bonds is 5. The fourth-order valence-electron chi connectivity index (χ4n) is 1.81. The Kier molecular flexibility index (Phi) is 4.12. The van der Waals surface area contributed by atoms with Gasteiger partial charge in [0.1, 0.15) is 11.6 Å². The minimum atomic E-state index is -0.133. The van der Waals surface area contributed by atoms with Gasteiger partial charge in [-0.3, -0.25) is 4.79 Å². The van der Waals surface area contributed by atoms with Crippen molar-refractivity contribution in [1.29, 1.82) is 0 Å². The van der Waals surface area contributed by atoms with E-state index in [0.717, 1.165) is 5.82 Å². The number of aromatic nitrogens is 3. The largest absolute Gasteiger partial charge is 0.372 e. The number of aryl methyl sites for hydroxylation is 1. The molecule has 0 saturated carbocycles. The summed E-state index contributed by atoms with van der Waals surface area (Å²) in [6.45, 7) is 0.543. The molecular weight excluding hydrogens is 242 g/mol. The van der Waals surface area contributed by atoms with E-state index in [-0.39, 0.29) is 5.91 Å². The van der Waals surface area contributed by atoms with Crippen LogP contribution in [-0.4, -0.2) is 34.0 Å². The van der Waals surface area contributed by atoms with Crippen molar-refractivity contribution in [3.05, 3.63) is 42.1 Å². The molecule has 2 aromatic heterocycles. The third kappa shape index (κ3) is 3.09. The molecule has 0 aromatic carbocycles. The highest BCUT2D eigenvalue weighted by Gasteiger charge is 2.10. The van der Waals surface area contributed by atoms with Gasteiger partial charge in [0.15, 0.2) is 0 Å². The highest BCUT2D eigenvalue weighted by Crippen LogP contribution is 2.09. The lowest BCUT2D eigenvalue weighted by molar-refractivity contribution is 0.0954. The van der Waals surface area contributed by atoms with E-state index in [9.17, 15) is 4.79 Å². The summed E-state index contributed by atoms with van der Waals surface area (Å²) in [4.78, 5) is 20.3. The van der Waals surface area contributed by atoms with E-state index in [2.05, 4.69) is 20.6 Å². The van der Waals surface area contributed by atoms with Crippen molar-refractivity contribution in [2.75, 3.05) is 18.9 Å². The molecule has 1 amide bonds. The monoisotopic (exact) mass is 259 g/mol.